The first-order valence-electron chi connectivity index (χ1n) is 4.48. The minimum Gasteiger partial charge on any atom is -0.355 e. The van der Waals surface area contributed by atoms with Crippen LogP contribution in [0.2, 0.25) is 0 Å². The fourth-order valence-electron chi connectivity index (χ4n) is 1.45. The van der Waals surface area contributed by atoms with Crippen molar-refractivity contribution in [3.8, 4) is 0 Å². The van der Waals surface area contributed by atoms with E-state index in [-0.39, 0.29) is 5.91 Å². The highest BCUT2D eigenvalue weighted by Crippen LogP contribution is 2.51. The van der Waals surface area contributed by atoms with Gasteiger partial charge >= 0.3 is 0 Å². The molecular formula is C9H17NOS. The van der Waals surface area contributed by atoms with Gasteiger partial charge in [-0.05, 0) is 24.2 Å². The molecule has 1 aliphatic rings. The predicted molar refractivity (Wildman–Crippen MR) is 53.4 cm³/mol. The SMILES string of the molecule is CC(C)C1(CNC(=O)CS)CC1. The molecule has 1 fully saturated rings. The zero-order chi connectivity index (χ0) is 9.19. The smallest absolute Gasteiger partial charge is 0.229 e. The monoisotopic (exact) mass is 187 g/mol. The molecule has 0 bridgehead atoms. The summed E-state index contributed by atoms with van der Waals surface area (Å²) in [6, 6.07) is 0. The van der Waals surface area contributed by atoms with E-state index in [4.69, 9.17) is 0 Å². The third-order valence-corrected chi connectivity index (χ3v) is 3.19. The van der Waals surface area contributed by atoms with Crippen LogP contribution < -0.4 is 5.32 Å². The van der Waals surface area contributed by atoms with Gasteiger partial charge in [0.2, 0.25) is 5.91 Å². The number of hydrogen-bond acceptors (Lipinski definition) is 2. The summed E-state index contributed by atoms with van der Waals surface area (Å²) in [4.78, 5) is 10.9. The number of hydrogen-bond donors (Lipinski definition) is 2. The maximum absolute atomic E-state index is 10.9. The molecule has 0 aromatic heterocycles. The maximum Gasteiger partial charge on any atom is 0.229 e. The van der Waals surface area contributed by atoms with Crippen molar-refractivity contribution in [3.63, 3.8) is 0 Å². The summed E-state index contributed by atoms with van der Waals surface area (Å²) in [6.07, 6.45) is 2.52. The number of thiol groups is 1. The molecule has 0 aromatic rings. The van der Waals surface area contributed by atoms with Gasteiger partial charge in [-0.3, -0.25) is 4.79 Å². The highest BCUT2D eigenvalue weighted by molar-refractivity contribution is 7.81. The topological polar surface area (TPSA) is 29.1 Å². The molecule has 0 aliphatic heterocycles. The van der Waals surface area contributed by atoms with Gasteiger partial charge in [0, 0.05) is 6.54 Å². The van der Waals surface area contributed by atoms with Crippen LogP contribution in [0.25, 0.3) is 0 Å². The molecule has 0 atom stereocenters. The Kier molecular flexibility index (Phi) is 3.04. The maximum atomic E-state index is 10.9. The Morgan fingerprint density at radius 3 is 2.50 bits per heavy atom. The van der Waals surface area contributed by atoms with E-state index in [1.807, 2.05) is 0 Å². The minimum absolute atomic E-state index is 0.0465. The lowest BCUT2D eigenvalue weighted by Gasteiger charge is -2.19. The van der Waals surface area contributed by atoms with E-state index >= 15 is 0 Å². The van der Waals surface area contributed by atoms with Gasteiger partial charge in [-0.15, -0.1) is 0 Å². The average Bonchev–Trinajstić information content (AvgIpc) is 2.81. The molecule has 1 rings (SSSR count). The number of nitrogens with one attached hydrogen (secondary N) is 1. The molecule has 2 nitrogen and oxygen atoms in total. The predicted octanol–water partition coefficient (Wildman–Crippen LogP) is 1.47. The van der Waals surface area contributed by atoms with Crippen molar-refractivity contribution in [2.75, 3.05) is 12.3 Å². The quantitative estimate of drug-likeness (QED) is 0.641. The third kappa shape index (κ3) is 2.16. The molecule has 0 aromatic carbocycles. The van der Waals surface area contributed by atoms with Crippen LogP contribution in [-0.4, -0.2) is 18.2 Å². The fourth-order valence-corrected chi connectivity index (χ4v) is 1.56. The third-order valence-electron chi connectivity index (χ3n) is 2.90. The molecule has 1 N–H and O–H groups in total. The van der Waals surface area contributed by atoms with E-state index in [0.717, 1.165) is 6.54 Å². The van der Waals surface area contributed by atoms with Gasteiger partial charge < -0.3 is 5.32 Å². The zero-order valence-corrected chi connectivity index (χ0v) is 8.66. The van der Waals surface area contributed by atoms with Gasteiger partial charge in [-0.2, -0.15) is 12.6 Å². The number of carbonyl (C=O) groups excluding carboxylic acids is 1. The molecule has 0 saturated heterocycles. The normalized spacial score (nSPS) is 19.3. The first-order valence-corrected chi connectivity index (χ1v) is 5.11. The molecular weight excluding hydrogens is 170 g/mol. The molecule has 1 saturated carbocycles. The van der Waals surface area contributed by atoms with E-state index in [9.17, 15) is 4.79 Å². The van der Waals surface area contributed by atoms with Crippen molar-refractivity contribution in [2.45, 2.75) is 26.7 Å². The summed E-state index contributed by atoms with van der Waals surface area (Å²) in [7, 11) is 0. The number of rotatable bonds is 4. The van der Waals surface area contributed by atoms with E-state index in [0.29, 0.717) is 17.1 Å². The molecule has 3 heteroatoms. The molecule has 1 amide bonds. The molecule has 70 valence electrons. The number of carbonyl (C=O) groups is 1. The van der Waals surface area contributed by atoms with Gasteiger partial charge in [0.05, 0.1) is 5.75 Å². The van der Waals surface area contributed by atoms with Crippen molar-refractivity contribution >= 4 is 18.5 Å². The Labute approximate surface area is 79.5 Å². The van der Waals surface area contributed by atoms with Crippen molar-refractivity contribution in [2.24, 2.45) is 11.3 Å². The van der Waals surface area contributed by atoms with Crippen LogP contribution in [-0.2, 0) is 4.79 Å². The lowest BCUT2D eigenvalue weighted by molar-refractivity contribution is -0.118. The van der Waals surface area contributed by atoms with Gasteiger partial charge in [-0.1, -0.05) is 13.8 Å². The van der Waals surface area contributed by atoms with Gasteiger partial charge in [0.1, 0.15) is 0 Å². The molecule has 12 heavy (non-hydrogen) atoms. The second kappa shape index (κ2) is 3.69. The summed E-state index contributed by atoms with van der Waals surface area (Å²) in [6.45, 7) is 5.28. The van der Waals surface area contributed by atoms with Gasteiger partial charge in [0.25, 0.3) is 0 Å². The van der Waals surface area contributed by atoms with Crippen LogP contribution in [0, 0.1) is 11.3 Å². The zero-order valence-electron chi connectivity index (χ0n) is 7.76. The molecule has 0 heterocycles. The summed E-state index contributed by atoms with van der Waals surface area (Å²) < 4.78 is 0. The highest BCUT2D eigenvalue weighted by Gasteiger charge is 2.45. The first-order chi connectivity index (χ1) is 5.60. The van der Waals surface area contributed by atoms with Crippen LogP contribution in [0.4, 0.5) is 0 Å². The van der Waals surface area contributed by atoms with Gasteiger partial charge in [0.15, 0.2) is 0 Å². The summed E-state index contributed by atoms with van der Waals surface area (Å²) in [5.41, 5.74) is 0.415. The highest BCUT2D eigenvalue weighted by atomic mass is 32.1. The Morgan fingerprint density at radius 2 is 2.17 bits per heavy atom. The molecule has 0 radical (unpaired) electrons. The largest absolute Gasteiger partial charge is 0.355 e. The van der Waals surface area contributed by atoms with Crippen molar-refractivity contribution in [1.82, 2.24) is 5.32 Å². The standard InChI is InChI=1S/C9H17NOS/c1-7(2)9(3-4-9)6-10-8(11)5-12/h7,12H,3-6H2,1-2H3,(H,10,11). The van der Waals surface area contributed by atoms with Gasteiger partial charge in [-0.25, -0.2) is 0 Å². The lowest BCUT2D eigenvalue weighted by Crippen LogP contribution is -2.33. The number of amides is 1. The van der Waals surface area contributed by atoms with Crippen molar-refractivity contribution in [3.05, 3.63) is 0 Å². The van der Waals surface area contributed by atoms with Crippen LogP contribution in [0.5, 0.6) is 0 Å². The van der Waals surface area contributed by atoms with Crippen molar-refractivity contribution in [1.29, 1.82) is 0 Å². The first kappa shape index (κ1) is 9.90. The summed E-state index contributed by atoms with van der Waals surface area (Å²) in [5.74, 6) is 1.02. The van der Waals surface area contributed by atoms with E-state index < -0.39 is 0 Å². The lowest BCUT2D eigenvalue weighted by atomic mass is 9.92. The van der Waals surface area contributed by atoms with Crippen molar-refractivity contribution < 1.29 is 4.79 Å². The van der Waals surface area contributed by atoms with Crippen LogP contribution in [0.3, 0.4) is 0 Å². The second-order valence-electron chi connectivity index (χ2n) is 3.95. The Morgan fingerprint density at radius 1 is 1.58 bits per heavy atom. The van der Waals surface area contributed by atoms with E-state index in [1.165, 1.54) is 12.8 Å². The summed E-state index contributed by atoms with van der Waals surface area (Å²) in [5, 5.41) is 2.90. The van der Waals surface area contributed by atoms with E-state index in [2.05, 4.69) is 31.8 Å². The average molecular weight is 187 g/mol. The molecule has 1 aliphatic carbocycles. The van der Waals surface area contributed by atoms with E-state index in [1.54, 1.807) is 0 Å². The Bertz CT molecular complexity index is 175. The van der Waals surface area contributed by atoms with Crippen LogP contribution in [0.1, 0.15) is 26.7 Å². The Balaban J connectivity index is 2.27. The fraction of sp³-hybridized carbons (Fsp3) is 0.889. The van der Waals surface area contributed by atoms with Crippen LogP contribution >= 0.6 is 12.6 Å². The molecule has 0 unspecified atom stereocenters. The van der Waals surface area contributed by atoms with Crippen LogP contribution in [0.15, 0.2) is 0 Å². The molecule has 0 spiro atoms. The second-order valence-corrected chi connectivity index (χ2v) is 4.27. The summed E-state index contributed by atoms with van der Waals surface area (Å²) >= 11 is 3.91. The minimum atomic E-state index is 0.0465. The Hall–Kier alpha value is -0.180.